The van der Waals surface area contributed by atoms with Crippen LogP contribution >= 0.6 is 0 Å². The minimum absolute atomic E-state index is 1.24. The van der Waals surface area contributed by atoms with Crippen molar-refractivity contribution in [3.63, 3.8) is 0 Å². The first-order valence-corrected chi connectivity index (χ1v) is 5.71. The molecule has 0 aromatic rings. The van der Waals surface area contributed by atoms with Gasteiger partial charge in [-0.15, -0.1) is 0 Å². The smallest absolute Gasteiger partial charge is 0.0276 e. The van der Waals surface area contributed by atoms with Crippen LogP contribution in [0, 0.1) is 0 Å². The molecule has 0 aromatic carbocycles. The van der Waals surface area contributed by atoms with Crippen LogP contribution in [0.15, 0.2) is 23.8 Å². The number of allylic oxidation sites excluding steroid dienone is 3. The van der Waals surface area contributed by atoms with E-state index in [1.54, 1.807) is 5.57 Å². The van der Waals surface area contributed by atoms with E-state index in [0.29, 0.717) is 0 Å². The molecule has 0 heteroatoms. The van der Waals surface area contributed by atoms with Crippen LogP contribution in [-0.4, -0.2) is 0 Å². The molecular weight excluding hydrogens is 156 g/mol. The van der Waals surface area contributed by atoms with Crippen LogP contribution in [0.4, 0.5) is 0 Å². The van der Waals surface area contributed by atoms with Gasteiger partial charge in [-0.3, -0.25) is 0 Å². The second-order valence-electron chi connectivity index (χ2n) is 4.04. The van der Waals surface area contributed by atoms with E-state index < -0.39 is 0 Å². The number of hydrogen-bond donors (Lipinski definition) is 0. The van der Waals surface area contributed by atoms with Crippen molar-refractivity contribution in [3.8, 4) is 0 Å². The minimum Gasteiger partial charge on any atom is -0.0956 e. The maximum Gasteiger partial charge on any atom is -0.0276 e. The minimum atomic E-state index is 1.24. The molecule has 0 nitrogen and oxygen atoms in total. The van der Waals surface area contributed by atoms with Gasteiger partial charge in [0.15, 0.2) is 0 Å². The van der Waals surface area contributed by atoms with Gasteiger partial charge < -0.3 is 0 Å². The molecule has 1 aliphatic carbocycles. The van der Waals surface area contributed by atoms with Crippen molar-refractivity contribution in [2.45, 2.75) is 58.3 Å². The van der Waals surface area contributed by atoms with Gasteiger partial charge in [-0.25, -0.2) is 0 Å². The Morgan fingerprint density at radius 1 is 1.23 bits per heavy atom. The van der Waals surface area contributed by atoms with Crippen LogP contribution in [0.25, 0.3) is 0 Å². The van der Waals surface area contributed by atoms with Crippen molar-refractivity contribution in [2.75, 3.05) is 0 Å². The fourth-order valence-electron chi connectivity index (χ4n) is 1.92. The second kappa shape index (κ2) is 6.01. The summed E-state index contributed by atoms with van der Waals surface area (Å²) in [5.41, 5.74) is 2.95. The Hall–Kier alpha value is -0.520. The normalized spacial score (nSPS) is 20.1. The summed E-state index contributed by atoms with van der Waals surface area (Å²) in [6, 6.07) is 0. The first-order chi connectivity index (χ1) is 6.34. The molecule has 74 valence electrons. The topological polar surface area (TPSA) is 0 Å². The number of unbranched alkanes of at least 4 members (excludes halogenated alkanes) is 4. The van der Waals surface area contributed by atoms with Crippen LogP contribution in [0.3, 0.4) is 0 Å². The molecule has 1 aliphatic rings. The van der Waals surface area contributed by atoms with Gasteiger partial charge in [-0.05, 0) is 37.7 Å². The van der Waals surface area contributed by atoms with E-state index in [9.17, 15) is 0 Å². The van der Waals surface area contributed by atoms with Gasteiger partial charge in [-0.1, -0.05) is 44.4 Å². The summed E-state index contributed by atoms with van der Waals surface area (Å²) in [6.07, 6.45) is 13.0. The summed E-state index contributed by atoms with van der Waals surface area (Å²) in [5.74, 6) is 0. The molecule has 0 amide bonds. The third-order valence-corrected chi connectivity index (χ3v) is 2.83. The quantitative estimate of drug-likeness (QED) is 0.539. The fourth-order valence-corrected chi connectivity index (χ4v) is 1.92. The van der Waals surface area contributed by atoms with Gasteiger partial charge in [0.25, 0.3) is 0 Å². The largest absolute Gasteiger partial charge is 0.0956 e. The summed E-state index contributed by atoms with van der Waals surface area (Å²) in [6.45, 7) is 6.34. The Bertz CT molecular complexity index is 186. The Morgan fingerprint density at radius 2 is 2.08 bits per heavy atom. The molecule has 13 heavy (non-hydrogen) atoms. The van der Waals surface area contributed by atoms with Crippen molar-refractivity contribution in [3.05, 3.63) is 23.8 Å². The Labute approximate surface area is 82.7 Å². The molecule has 0 saturated heterocycles. The molecular formula is C13H22. The first-order valence-electron chi connectivity index (χ1n) is 5.71. The first kappa shape index (κ1) is 10.6. The third-order valence-electron chi connectivity index (χ3n) is 2.83. The molecule has 0 heterocycles. The van der Waals surface area contributed by atoms with E-state index in [4.69, 9.17) is 0 Å². The SMILES string of the molecule is C=C1CCCC1=CCCCCCC. The predicted molar refractivity (Wildman–Crippen MR) is 59.8 cm³/mol. The van der Waals surface area contributed by atoms with E-state index in [-0.39, 0.29) is 0 Å². The average molecular weight is 178 g/mol. The van der Waals surface area contributed by atoms with E-state index >= 15 is 0 Å². The molecule has 0 atom stereocenters. The molecule has 0 unspecified atom stereocenters. The lowest BCUT2D eigenvalue weighted by molar-refractivity contribution is 0.673. The summed E-state index contributed by atoms with van der Waals surface area (Å²) in [7, 11) is 0. The molecule has 0 N–H and O–H groups in total. The molecule has 1 saturated carbocycles. The highest BCUT2D eigenvalue weighted by Gasteiger charge is 2.09. The van der Waals surface area contributed by atoms with Gasteiger partial charge in [0.1, 0.15) is 0 Å². The van der Waals surface area contributed by atoms with Crippen molar-refractivity contribution in [1.82, 2.24) is 0 Å². The Morgan fingerprint density at radius 3 is 2.69 bits per heavy atom. The zero-order valence-corrected chi connectivity index (χ0v) is 8.94. The Kier molecular flexibility index (Phi) is 4.88. The van der Waals surface area contributed by atoms with Crippen molar-refractivity contribution in [2.24, 2.45) is 0 Å². The standard InChI is InChI=1S/C13H22/c1-3-4-5-6-7-10-13-11-8-9-12(13)2/h10H,2-9,11H2,1H3. The summed E-state index contributed by atoms with van der Waals surface area (Å²) >= 11 is 0. The maximum absolute atomic E-state index is 4.08. The van der Waals surface area contributed by atoms with Crippen LogP contribution in [0.1, 0.15) is 58.3 Å². The summed E-state index contributed by atoms with van der Waals surface area (Å²) in [4.78, 5) is 0. The van der Waals surface area contributed by atoms with Gasteiger partial charge in [-0.2, -0.15) is 0 Å². The lowest BCUT2D eigenvalue weighted by Gasteiger charge is -1.99. The number of rotatable bonds is 5. The van der Waals surface area contributed by atoms with Gasteiger partial charge >= 0.3 is 0 Å². The van der Waals surface area contributed by atoms with E-state index in [1.807, 2.05) is 0 Å². The van der Waals surface area contributed by atoms with E-state index in [0.717, 1.165) is 0 Å². The molecule has 0 radical (unpaired) electrons. The zero-order valence-electron chi connectivity index (χ0n) is 8.94. The summed E-state index contributed by atoms with van der Waals surface area (Å²) in [5, 5.41) is 0. The molecule has 0 aromatic heterocycles. The van der Waals surface area contributed by atoms with Crippen molar-refractivity contribution < 1.29 is 0 Å². The molecule has 0 bridgehead atoms. The van der Waals surface area contributed by atoms with Crippen molar-refractivity contribution >= 4 is 0 Å². The lowest BCUT2D eigenvalue weighted by atomic mass is 10.1. The van der Waals surface area contributed by atoms with E-state index in [2.05, 4.69) is 19.6 Å². The Balaban J connectivity index is 2.12. The second-order valence-corrected chi connectivity index (χ2v) is 4.04. The lowest BCUT2D eigenvalue weighted by Crippen LogP contribution is -1.78. The van der Waals surface area contributed by atoms with Crippen LogP contribution in [0.2, 0.25) is 0 Å². The molecule has 0 aliphatic heterocycles. The van der Waals surface area contributed by atoms with Crippen LogP contribution in [-0.2, 0) is 0 Å². The van der Waals surface area contributed by atoms with Gasteiger partial charge in [0.2, 0.25) is 0 Å². The molecule has 1 fully saturated rings. The monoisotopic (exact) mass is 178 g/mol. The van der Waals surface area contributed by atoms with Gasteiger partial charge in [0.05, 0.1) is 0 Å². The molecule has 1 rings (SSSR count). The van der Waals surface area contributed by atoms with Gasteiger partial charge in [0, 0.05) is 0 Å². The molecule has 0 spiro atoms. The van der Waals surface area contributed by atoms with Crippen LogP contribution in [0.5, 0.6) is 0 Å². The average Bonchev–Trinajstić information content (AvgIpc) is 2.52. The highest BCUT2D eigenvalue weighted by molar-refractivity contribution is 5.31. The fraction of sp³-hybridized carbons (Fsp3) is 0.692. The summed E-state index contributed by atoms with van der Waals surface area (Å²) < 4.78 is 0. The highest BCUT2D eigenvalue weighted by atomic mass is 14.1. The maximum atomic E-state index is 4.08. The zero-order chi connectivity index (χ0) is 9.52. The predicted octanol–water partition coefficient (Wildman–Crippen LogP) is 4.62. The van der Waals surface area contributed by atoms with Crippen LogP contribution < -0.4 is 0 Å². The number of hydrogen-bond acceptors (Lipinski definition) is 0. The van der Waals surface area contributed by atoms with E-state index in [1.165, 1.54) is 56.9 Å². The highest BCUT2D eigenvalue weighted by Crippen LogP contribution is 2.29. The van der Waals surface area contributed by atoms with Crippen molar-refractivity contribution in [1.29, 1.82) is 0 Å². The third kappa shape index (κ3) is 3.80.